The quantitative estimate of drug-likeness (QED) is 0.621. The molecule has 0 saturated heterocycles. The number of hydrogen-bond acceptors (Lipinski definition) is 1. The van der Waals surface area contributed by atoms with Crippen molar-refractivity contribution >= 4 is 10.9 Å². The van der Waals surface area contributed by atoms with Gasteiger partial charge < -0.3 is 0 Å². The maximum absolute atomic E-state index is 13.8. The predicted octanol–water partition coefficient (Wildman–Crippen LogP) is 3.47. The molecule has 0 radical (unpaired) electrons. The standard InChI is InChI=1S/C14H11FN2/c1-10-11-6-2-4-8-13(11)17(16-10)14-9-5-3-7-12(14)15/h2-9H,1H3. The number of para-hydroxylation sites is 2. The fourth-order valence-electron chi connectivity index (χ4n) is 2.03. The number of hydrogen-bond donors (Lipinski definition) is 0. The SMILES string of the molecule is Cc1nn(-c2ccccc2F)c2ccccc12. The van der Waals surface area contributed by atoms with E-state index >= 15 is 0 Å². The van der Waals surface area contributed by atoms with Gasteiger partial charge in [-0.2, -0.15) is 5.10 Å². The number of fused-ring (bicyclic) bond motifs is 1. The number of rotatable bonds is 1. The van der Waals surface area contributed by atoms with Crippen molar-refractivity contribution in [1.29, 1.82) is 0 Å². The van der Waals surface area contributed by atoms with E-state index in [1.807, 2.05) is 37.3 Å². The van der Waals surface area contributed by atoms with Crippen LogP contribution in [0, 0.1) is 12.7 Å². The van der Waals surface area contributed by atoms with E-state index < -0.39 is 0 Å². The Morgan fingerprint density at radius 3 is 2.53 bits per heavy atom. The van der Waals surface area contributed by atoms with Gasteiger partial charge in [-0.3, -0.25) is 0 Å². The summed E-state index contributed by atoms with van der Waals surface area (Å²) in [6.07, 6.45) is 0. The molecule has 0 fully saturated rings. The molecule has 0 aliphatic carbocycles. The van der Waals surface area contributed by atoms with Gasteiger partial charge in [0, 0.05) is 5.39 Å². The van der Waals surface area contributed by atoms with Crippen LogP contribution in [0.2, 0.25) is 0 Å². The third kappa shape index (κ3) is 1.51. The molecule has 0 amide bonds. The lowest BCUT2D eigenvalue weighted by molar-refractivity contribution is 0.612. The minimum Gasteiger partial charge on any atom is -0.230 e. The maximum Gasteiger partial charge on any atom is 0.148 e. The lowest BCUT2D eigenvalue weighted by Gasteiger charge is -2.04. The molecule has 2 nitrogen and oxygen atoms in total. The maximum atomic E-state index is 13.8. The van der Waals surface area contributed by atoms with Crippen LogP contribution >= 0.6 is 0 Å². The molecular weight excluding hydrogens is 215 g/mol. The summed E-state index contributed by atoms with van der Waals surface area (Å²) < 4.78 is 15.4. The molecule has 0 atom stereocenters. The Morgan fingerprint density at radius 1 is 1.00 bits per heavy atom. The summed E-state index contributed by atoms with van der Waals surface area (Å²) in [5.74, 6) is -0.263. The van der Waals surface area contributed by atoms with Crippen molar-refractivity contribution in [2.75, 3.05) is 0 Å². The van der Waals surface area contributed by atoms with Crippen molar-refractivity contribution in [2.24, 2.45) is 0 Å². The van der Waals surface area contributed by atoms with E-state index in [1.54, 1.807) is 16.8 Å². The number of aryl methyl sites for hydroxylation is 1. The predicted molar refractivity (Wildman–Crippen MR) is 65.8 cm³/mol. The van der Waals surface area contributed by atoms with Gasteiger partial charge in [0.25, 0.3) is 0 Å². The highest BCUT2D eigenvalue weighted by Gasteiger charge is 2.10. The molecule has 0 saturated carbocycles. The van der Waals surface area contributed by atoms with E-state index in [0.29, 0.717) is 5.69 Å². The zero-order chi connectivity index (χ0) is 11.8. The molecule has 0 aliphatic heterocycles. The normalized spacial score (nSPS) is 10.9. The topological polar surface area (TPSA) is 17.8 Å². The summed E-state index contributed by atoms with van der Waals surface area (Å²) in [5, 5.41) is 5.45. The number of nitrogens with zero attached hydrogens (tertiary/aromatic N) is 2. The molecule has 17 heavy (non-hydrogen) atoms. The fourth-order valence-corrected chi connectivity index (χ4v) is 2.03. The van der Waals surface area contributed by atoms with E-state index in [2.05, 4.69) is 5.10 Å². The van der Waals surface area contributed by atoms with Crippen molar-refractivity contribution in [1.82, 2.24) is 9.78 Å². The molecular formula is C14H11FN2. The van der Waals surface area contributed by atoms with Crippen LogP contribution in [-0.2, 0) is 0 Å². The van der Waals surface area contributed by atoms with Crippen LogP contribution in [0.15, 0.2) is 48.5 Å². The highest BCUT2D eigenvalue weighted by atomic mass is 19.1. The third-order valence-corrected chi connectivity index (χ3v) is 2.85. The first kappa shape index (κ1) is 10.0. The average Bonchev–Trinajstić information content (AvgIpc) is 2.68. The Morgan fingerprint density at radius 2 is 1.71 bits per heavy atom. The van der Waals surface area contributed by atoms with Crippen molar-refractivity contribution in [3.8, 4) is 5.69 Å². The zero-order valence-corrected chi connectivity index (χ0v) is 9.39. The van der Waals surface area contributed by atoms with Crippen molar-refractivity contribution in [3.05, 3.63) is 60.0 Å². The summed E-state index contributed by atoms with van der Waals surface area (Å²) in [4.78, 5) is 0. The summed E-state index contributed by atoms with van der Waals surface area (Å²) in [6.45, 7) is 1.93. The molecule has 0 bridgehead atoms. The Hall–Kier alpha value is -2.16. The van der Waals surface area contributed by atoms with Crippen molar-refractivity contribution in [3.63, 3.8) is 0 Å². The van der Waals surface area contributed by atoms with Crippen LogP contribution in [0.5, 0.6) is 0 Å². The van der Waals surface area contributed by atoms with Gasteiger partial charge in [-0.15, -0.1) is 0 Å². The Kier molecular flexibility index (Phi) is 2.18. The molecule has 3 aromatic rings. The Balaban J connectivity index is 2.35. The first-order chi connectivity index (χ1) is 8.27. The van der Waals surface area contributed by atoms with Crippen LogP contribution in [0.4, 0.5) is 4.39 Å². The molecule has 2 aromatic carbocycles. The molecule has 3 rings (SSSR count). The highest BCUT2D eigenvalue weighted by molar-refractivity contribution is 5.83. The number of aromatic nitrogens is 2. The Bertz CT molecular complexity index is 686. The second kappa shape index (κ2) is 3.70. The fraction of sp³-hybridized carbons (Fsp3) is 0.0714. The van der Waals surface area contributed by atoms with Gasteiger partial charge in [-0.25, -0.2) is 9.07 Å². The van der Waals surface area contributed by atoms with E-state index in [4.69, 9.17) is 0 Å². The van der Waals surface area contributed by atoms with Gasteiger partial charge in [0.15, 0.2) is 0 Å². The summed E-state index contributed by atoms with van der Waals surface area (Å²) in [7, 11) is 0. The molecule has 0 spiro atoms. The van der Waals surface area contributed by atoms with Gasteiger partial charge in [-0.05, 0) is 25.1 Å². The van der Waals surface area contributed by atoms with Gasteiger partial charge in [0.1, 0.15) is 11.5 Å². The van der Waals surface area contributed by atoms with E-state index in [1.165, 1.54) is 6.07 Å². The second-order valence-corrected chi connectivity index (χ2v) is 3.97. The largest absolute Gasteiger partial charge is 0.230 e. The van der Waals surface area contributed by atoms with Crippen molar-refractivity contribution in [2.45, 2.75) is 6.92 Å². The van der Waals surface area contributed by atoms with E-state index in [0.717, 1.165) is 16.6 Å². The Labute approximate surface area is 98.3 Å². The first-order valence-corrected chi connectivity index (χ1v) is 5.46. The molecule has 1 aromatic heterocycles. The highest BCUT2D eigenvalue weighted by Crippen LogP contribution is 2.22. The molecule has 3 heteroatoms. The summed E-state index contributed by atoms with van der Waals surface area (Å²) >= 11 is 0. The smallest absolute Gasteiger partial charge is 0.148 e. The summed E-state index contributed by atoms with van der Waals surface area (Å²) in [6, 6.07) is 14.5. The lowest BCUT2D eigenvalue weighted by atomic mass is 10.2. The zero-order valence-electron chi connectivity index (χ0n) is 9.39. The monoisotopic (exact) mass is 226 g/mol. The van der Waals surface area contributed by atoms with Crippen LogP contribution in [0.3, 0.4) is 0 Å². The summed E-state index contributed by atoms with van der Waals surface area (Å²) in [5.41, 5.74) is 2.32. The van der Waals surface area contributed by atoms with Crippen LogP contribution in [0.25, 0.3) is 16.6 Å². The molecule has 0 N–H and O–H groups in total. The van der Waals surface area contributed by atoms with Crippen LogP contribution < -0.4 is 0 Å². The molecule has 0 unspecified atom stereocenters. The van der Waals surface area contributed by atoms with Gasteiger partial charge in [0.2, 0.25) is 0 Å². The number of halogens is 1. The molecule has 84 valence electrons. The third-order valence-electron chi connectivity index (χ3n) is 2.85. The lowest BCUT2D eigenvalue weighted by Crippen LogP contribution is -1.99. The minimum atomic E-state index is -0.263. The minimum absolute atomic E-state index is 0.263. The van der Waals surface area contributed by atoms with E-state index in [-0.39, 0.29) is 5.82 Å². The van der Waals surface area contributed by atoms with Crippen LogP contribution in [-0.4, -0.2) is 9.78 Å². The molecule has 0 aliphatic rings. The second-order valence-electron chi connectivity index (χ2n) is 3.97. The van der Waals surface area contributed by atoms with Gasteiger partial charge in [-0.1, -0.05) is 30.3 Å². The van der Waals surface area contributed by atoms with Crippen LogP contribution in [0.1, 0.15) is 5.69 Å². The van der Waals surface area contributed by atoms with Gasteiger partial charge >= 0.3 is 0 Å². The number of benzene rings is 2. The van der Waals surface area contributed by atoms with Gasteiger partial charge in [0.05, 0.1) is 11.2 Å². The molecule has 1 heterocycles. The first-order valence-electron chi connectivity index (χ1n) is 5.46. The van der Waals surface area contributed by atoms with E-state index in [9.17, 15) is 4.39 Å². The average molecular weight is 226 g/mol. The van der Waals surface area contributed by atoms with Crippen molar-refractivity contribution < 1.29 is 4.39 Å².